The molecule has 8 heteroatoms. The van der Waals surface area contributed by atoms with Crippen molar-refractivity contribution in [3.8, 4) is 0 Å². The maximum Gasteiger partial charge on any atom is 0.333 e. The molecule has 0 aliphatic heterocycles. The fourth-order valence-corrected chi connectivity index (χ4v) is 19.2. The standard InChI is InChI=1S/C20H44O5Si3/c1-11-16-28(17-12-2,25-27(9,10)24-26(6,7)8)19(13-3)22-14-15-23-20(21)18(4)5/h19H,4,11-17H2,1-3,5-10H3. The van der Waals surface area contributed by atoms with Crippen LogP contribution in [0.25, 0.3) is 0 Å². The third-order valence-corrected chi connectivity index (χ3v) is 16.7. The van der Waals surface area contributed by atoms with Gasteiger partial charge in [0.25, 0.3) is 0 Å². The van der Waals surface area contributed by atoms with Gasteiger partial charge in [0.15, 0.2) is 8.32 Å². The Hall–Kier alpha value is -0.259. The Labute approximate surface area is 176 Å². The highest BCUT2D eigenvalue weighted by Crippen LogP contribution is 2.33. The van der Waals surface area contributed by atoms with Crippen LogP contribution in [0.5, 0.6) is 0 Å². The number of hydrogen-bond donors (Lipinski definition) is 0. The molecule has 5 nitrogen and oxygen atoms in total. The lowest BCUT2D eigenvalue weighted by atomic mass is 10.4. The summed E-state index contributed by atoms with van der Waals surface area (Å²) in [6.07, 6.45) is 3.06. The molecule has 0 aliphatic carbocycles. The van der Waals surface area contributed by atoms with E-state index >= 15 is 0 Å². The zero-order valence-electron chi connectivity index (χ0n) is 19.8. The molecule has 0 heterocycles. The number of carbonyl (C=O) groups is 1. The van der Waals surface area contributed by atoms with Crippen molar-refractivity contribution in [2.24, 2.45) is 0 Å². The predicted molar refractivity (Wildman–Crippen MR) is 125 cm³/mol. The fraction of sp³-hybridized carbons (Fsp3) is 0.850. The van der Waals surface area contributed by atoms with Gasteiger partial charge in [0.1, 0.15) is 6.61 Å². The van der Waals surface area contributed by atoms with Gasteiger partial charge < -0.3 is 17.7 Å². The number of hydrogen-bond acceptors (Lipinski definition) is 5. The largest absolute Gasteiger partial charge is 0.460 e. The van der Waals surface area contributed by atoms with Crippen molar-refractivity contribution in [3.05, 3.63) is 12.2 Å². The molecular weight excluding hydrogens is 404 g/mol. The van der Waals surface area contributed by atoms with Crippen LogP contribution in [-0.4, -0.2) is 50.1 Å². The lowest BCUT2D eigenvalue weighted by Crippen LogP contribution is -2.60. The summed E-state index contributed by atoms with van der Waals surface area (Å²) >= 11 is 0. The van der Waals surface area contributed by atoms with Crippen LogP contribution in [0, 0.1) is 0 Å². The second-order valence-electron chi connectivity index (χ2n) is 8.97. The first-order valence-corrected chi connectivity index (χ1v) is 19.3. The van der Waals surface area contributed by atoms with Gasteiger partial charge in [-0.25, -0.2) is 4.79 Å². The first-order valence-electron chi connectivity index (χ1n) is 10.7. The Balaban J connectivity index is 5.34. The van der Waals surface area contributed by atoms with Crippen LogP contribution in [0.3, 0.4) is 0 Å². The molecule has 0 N–H and O–H groups in total. The lowest BCUT2D eigenvalue weighted by molar-refractivity contribution is -0.140. The first-order chi connectivity index (χ1) is 12.8. The second kappa shape index (κ2) is 12.4. The lowest BCUT2D eigenvalue weighted by Gasteiger charge is -2.44. The zero-order chi connectivity index (χ0) is 22.0. The molecule has 28 heavy (non-hydrogen) atoms. The summed E-state index contributed by atoms with van der Waals surface area (Å²) in [6.45, 7) is 23.5. The molecule has 1 unspecified atom stereocenters. The molecule has 0 amide bonds. The van der Waals surface area contributed by atoms with Crippen LogP contribution in [0.1, 0.15) is 47.0 Å². The van der Waals surface area contributed by atoms with Gasteiger partial charge in [0, 0.05) is 5.57 Å². The zero-order valence-corrected chi connectivity index (χ0v) is 22.8. The monoisotopic (exact) mass is 448 g/mol. The highest BCUT2D eigenvalue weighted by molar-refractivity contribution is 6.88. The Morgan fingerprint density at radius 1 is 0.929 bits per heavy atom. The smallest absolute Gasteiger partial charge is 0.333 e. The van der Waals surface area contributed by atoms with Crippen LogP contribution in [0.4, 0.5) is 0 Å². The normalized spacial score (nSPS) is 14.0. The van der Waals surface area contributed by atoms with Crippen LogP contribution in [0.2, 0.25) is 44.8 Å². The maximum atomic E-state index is 11.6. The molecule has 0 aromatic carbocycles. The third-order valence-electron chi connectivity index (χ3n) is 4.29. The van der Waals surface area contributed by atoms with Crippen molar-refractivity contribution in [2.75, 3.05) is 13.2 Å². The summed E-state index contributed by atoms with van der Waals surface area (Å²) in [7, 11) is -6.13. The molecular formula is C20H44O5Si3. The van der Waals surface area contributed by atoms with E-state index in [1.54, 1.807) is 6.92 Å². The van der Waals surface area contributed by atoms with E-state index in [1.165, 1.54) is 0 Å². The number of esters is 1. The molecule has 166 valence electrons. The highest BCUT2D eigenvalue weighted by atomic mass is 28.5. The highest BCUT2D eigenvalue weighted by Gasteiger charge is 2.47. The molecule has 0 saturated heterocycles. The van der Waals surface area contributed by atoms with Gasteiger partial charge >= 0.3 is 14.5 Å². The number of ether oxygens (including phenoxy) is 2. The summed E-state index contributed by atoms with van der Waals surface area (Å²) in [5.41, 5.74) is 0.486. The van der Waals surface area contributed by atoms with E-state index in [4.69, 9.17) is 17.7 Å². The Kier molecular flexibility index (Phi) is 12.3. The summed E-state index contributed by atoms with van der Waals surface area (Å²) in [5, 5.41) is 0. The molecule has 0 rings (SSSR count). The Bertz CT molecular complexity index is 483. The molecule has 0 aliphatic rings. The quantitative estimate of drug-likeness (QED) is 0.138. The minimum Gasteiger partial charge on any atom is -0.460 e. The van der Waals surface area contributed by atoms with Crippen molar-refractivity contribution in [1.29, 1.82) is 0 Å². The van der Waals surface area contributed by atoms with E-state index in [-0.39, 0.29) is 18.3 Å². The average Bonchev–Trinajstić information content (AvgIpc) is 2.51. The van der Waals surface area contributed by atoms with E-state index in [9.17, 15) is 4.79 Å². The minimum atomic E-state index is -2.26. The van der Waals surface area contributed by atoms with Crippen molar-refractivity contribution in [3.63, 3.8) is 0 Å². The van der Waals surface area contributed by atoms with Gasteiger partial charge in [0.2, 0.25) is 8.32 Å². The Morgan fingerprint density at radius 3 is 1.86 bits per heavy atom. The van der Waals surface area contributed by atoms with Gasteiger partial charge in [0.05, 0.1) is 12.3 Å². The molecule has 0 saturated carbocycles. The van der Waals surface area contributed by atoms with Crippen LogP contribution in [-0.2, 0) is 22.5 Å². The summed E-state index contributed by atoms with van der Waals surface area (Å²) in [5.74, 6) is -0.365. The van der Waals surface area contributed by atoms with Gasteiger partial charge in [-0.3, -0.25) is 0 Å². The molecule has 0 radical (unpaired) electrons. The van der Waals surface area contributed by atoms with Crippen molar-refractivity contribution in [2.45, 2.75) is 97.5 Å². The van der Waals surface area contributed by atoms with Gasteiger partial charge in [-0.1, -0.05) is 40.2 Å². The predicted octanol–water partition coefficient (Wildman–Crippen LogP) is 5.78. The van der Waals surface area contributed by atoms with E-state index < -0.39 is 25.2 Å². The van der Waals surface area contributed by atoms with Crippen LogP contribution in [0.15, 0.2) is 12.2 Å². The minimum absolute atomic E-state index is 0.0768. The van der Waals surface area contributed by atoms with Crippen molar-refractivity contribution in [1.82, 2.24) is 0 Å². The van der Waals surface area contributed by atoms with Gasteiger partial charge in [-0.15, -0.1) is 0 Å². The molecule has 0 spiro atoms. The summed E-state index contributed by atoms with van der Waals surface area (Å²) < 4.78 is 25.0. The van der Waals surface area contributed by atoms with E-state index in [2.05, 4.69) is 60.1 Å². The van der Waals surface area contributed by atoms with E-state index in [0.717, 1.165) is 31.4 Å². The maximum absolute atomic E-state index is 11.6. The van der Waals surface area contributed by atoms with Crippen LogP contribution < -0.4 is 0 Å². The average molecular weight is 449 g/mol. The number of rotatable bonds is 15. The topological polar surface area (TPSA) is 54.0 Å². The molecule has 1 atom stereocenters. The van der Waals surface area contributed by atoms with Crippen molar-refractivity contribution >= 4 is 31.2 Å². The Morgan fingerprint density at radius 2 is 1.46 bits per heavy atom. The van der Waals surface area contributed by atoms with Gasteiger partial charge in [-0.2, -0.15) is 0 Å². The summed E-state index contributed by atoms with van der Waals surface area (Å²) in [6, 6.07) is 2.13. The molecule has 0 fully saturated rings. The van der Waals surface area contributed by atoms with Gasteiger partial charge in [-0.05, 0) is 58.2 Å². The van der Waals surface area contributed by atoms with Crippen molar-refractivity contribution < 1.29 is 22.5 Å². The molecule has 0 aromatic heterocycles. The van der Waals surface area contributed by atoms with E-state index in [1.807, 2.05) is 0 Å². The van der Waals surface area contributed by atoms with Crippen LogP contribution >= 0.6 is 0 Å². The van der Waals surface area contributed by atoms with E-state index in [0.29, 0.717) is 12.2 Å². The fourth-order valence-electron chi connectivity index (χ4n) is 3.80. The second-order valence-corrected chi connectivity index (χ2v) is 21.4. The molecule has 0 bridgehead atoms. The first kappa shape index (κ1) is 27.7. The SMILES string of the molecule is C=C(C)C(=O)OCCOC(CC)[Si](CCC)(CCC)O[Si](C)(C)O[Si](C)(C)C. The third kappa shape index (κ3) is 10.5. The molecule has 0 aromatic rings. The summed E-state index contributed by atoms with van der Waals surface area (Å²) in [4.78, 5) is 11.6. The number of carbonyl (C=O) groups excluding carboxylic acids is 1.